The first-order chi connectivity index (χ1) is 15.6. The third-order valence-corrected chi connectivity index (χ3v) is 6.35. The van der Waals surface area contributed by atoms with E-state index in [1.54, 1.807) is 10.8 Å². The first kappa shape index (κ1) is 20.4. The second-order valence-corrected chi connectivity index (χ2v) is 8.27. The molecule has 0 spiro atoms. The molecule has 0 aliphatic carbocycles. The summed E-state index contributed by atoms with van der Waals surface area (Å²) in [5.74, 6) is 0.856. The van der Waals surface area contributed by atoms with Crippen LogP contribution in [0.15, 0.2) is 35.5 Å². The lowest BCUT2D eigenvalue weighted by Crippen LogP contribution is -2.46. The van der Waals surface area contributed by atoms with Crippen LogP contribution in [0.2, 0.25) is 0 Å². The number of aromatic nitrogens is 5. The van der Waals surface area contributed by atoms with E-state index >= 15 is 0 Å². The monoisotopic (exact) mass is 432 g/mol. The molecule has 9 heteroatoms. The minimum atomic E-state index is -0.0297. The van der Waals surface area contributed by atoms with E-state index in [0.29, 0.717) is 6.42 Å². The lowest BCUT2D eigenvalue weighted by molar-refractivity contribution is 0.247. The molecule has 9 nitrogen and oxygen atoms in total. The van der Waals surface area contributed by atoms with Crippen LogP contribution in [0, 0.1) is 6.92 Å². The number of H-pyrrole nitrogens is 1. The van der Waals surface area contributed by atoms with Crippen LogP contribution in [0.25, 0.3) is 16.6 Å². The highest BCUT2D eigenvalue weighted by molar-refractivity contribution is 5.94. The quantitative estimate of drug-likeness (QED) is 0.499. The highest BCUT2D eigenvalue weighted by Gasteiger charge is 2.21. The Morgan fingerprint density at radius 1 is 1.16 bits per heavy atom. The summed E-state index contributed by atoms with van der Waals surface area (Å²) < 4.78 is 1.78. The second kappa shape index (κ2) is 8.23. The van der Waals surface area contributed by atoms with Gasteiger partial charge in [0, 0.05) is 68.7 Å². The molecule has 2 N–H and O–H groups in total. The van der Waals surface area contributed by atoms with E-state index < -0.39 is 0 Å². The Kier molecular flexibility index (Phi) is 5.26. The lowest BCUT2D eigenvalue weighted by Gasteiger charge is -2.36. The van der Waals surface area contributed by atoms with Gasteiger partial charge in [-0.1, -0.05) is 6.92 Å². The van der Waals surface area contributed by atoms with Crippen LogP contribution in [0.3, 0.4) is 0 Å². The Balaban J connectivity index is 1.30. The molecule has 0 unspecified atom stereocenters. The van der Waals surface area contributed by atoms with Crippen LogP contribution in [0.5, 0.6) is 0 Å². The molecule has 0 radical (unpaired) electrons. The minimum absolute atomic E-state index is 0.0297. The van der Waals surface area contributed by atoms with Gasteiger partial charge >= 0.3 is 0 Å². The van der Waals surface area contributed by atoms with Gasteiger partial charge in [0.25, 0.3) is 5.56 Å². The summed E-state index contributed by atoms with van der Waals surface area (Å²) in [6, 6.07) is 6.26. The Morgan fingerprint density at radius 2 is 1.97 bits per heavy atom. The zero-order valence-electron chi connectivity index (χ0n) is 18.7. The number of benzene rings is 1. The van der Waals surface area contributed by atoms with Gasteiger partial charge in [0.1, 0.15) is 17.8 Å². The van der Waals surface area contributed by atoms with E-state index in [1.807, 2.05) is 26.2 Å². The molecule has 0 bridgehead atoms. The molecule has 166 valence electrons. The van der Waals surface area contributed by atoms with Crippen LogP contribution in [0.1, 0.15) is 23.7 Å². The first-order valence-electron chi connectivity index (χ1n) is 11.1. The predicted molar refractivity (Wildman–Crippen MR) is 127 cm³/mol. The predicted octanol–water partition coefficient (Wildman–Crippen LogP) is 2.20. The summed E-state index contributed by atoms with van der Waals surface area (Å²) in [4.78, 5) is 28.7. The number of hydrogen-bond donors (Lipinski definition) is 2. The number of fused-ring (bicyclic) bond motifs is 2. The van der Waals surface area contributed by atoms with E-state index in [4.69, 9.17) is 0 Å². The molecule has 4 heterocycles. The Morgan fingerprint density at radius 3 is 2.72 bits per heavy atom. The standard InChI is InChI=1S/C23H28N8O/c1-4-16-12-31-20(27-23(16)32)11-17(28-31)13-29-7-9-30(10-8-29)19-6-5-18-21(15(19)2)25-14-26-22(18)24-3/h5-6,11-12,14H,4,7-10,13H2,1-3H3,(H,27,32)(H,24,25,26). The number of aromatic amines is 1. The maximum Gasteiger partial charge on any atom is 0.254 e. The molecule has 1 aliphatic rings. The summed E-state index contributed by atoms with van der Waals surface area (Å²) >= 11 is 0. The fraction of sp³-hybridized carbons (Fsp3) is 0.391. The molecule has 0 amide bonds. The largest absolute Gasteiger partial charge is 0.373 e. The molecule has 1 aliphatic heterocycles. The number of hydrogen-bond acceptors (Lipinski definition) is 7. The number of anilines is 2. The van der Waals surface area contributed by atoms with E-state index in [9.17, 15) is 4.79 Å². The van der Waals surface area contributed by atoms with Crippen molar-refractivity contribution in [2.45, 2.75) is 26.8 Å². The van der Waals surface area contributed by atoms with Crippen molar-refractivity contribution in [1.29, 1.82) is 0 Å². The third kappa shape index (κ3) is 3.58. The zero-order chi connectivity index (χ0) is 22.2. The highest BCUT2D eigenvalue weighted by atomic mass is 16.1. The Labute approximate surface area is 186 Å². The van der Waals surface area contributed by atoms with Crippen molar-refractivity contribution in [3.8, 4) is 0 Å². The average molecular weight is 433 g/mol. The van der Waals surface area contributed by atoms with Gasteiger partial charge in [-0.05, 0) is 31.0 Å². The smallest absolute Gasteiger partial charge is 0.254 e. The van der Waals surface area contributed by atoms with Gasteiger partial charge in [-0.15, -0.1) is 0 Å². The Hall–Kier alpha value is -3.46. The molecule has 3 aromatic heterocycles. The number of aryl methyl sites for hydroxylation is 2. The van der Waals surface area contributed by atoms with Crippen LogP contribution in [0.4, 0.5) is 11.5 Å². The van der Waals surface area contributed by atoms with Crippen LogP contribution >= 0.6 is 0 Å². The molecular formula is C23H28N8O. The summed E-state index contributed by atoms with van der Waals surface area (Å²) in [5, 5.41) is 8.86. The summed E-state index contributed by atoms with van der Waals surface area (Å²) in [6.45, 7) is 8.68. The maximum absolute atomic E-state index is 12.1. The lowest BCUT2D eigenvalue weighted by atomic mass is 10.1. The van der Waals surface area contributed by atoms with Gasteiger partial charge < -0.3 is 15.2 Å². The molecule has 0 atom stereocenters. The van der Waals surface area contributed by atoms with Crippen molar-refractivity contribution in [3.63, 3.8) is 0 Å². The Bertz CT molecular complexity index is 1330. The summed E-state index contributed by atoms with van der Waals surface area (Å²) in [7, 11) is 1.88. The van der Waals surface area contributed by atoms with E-state index in [0.717, 1.165) is 66.3 Å². The summed E-state index contributed by atoms with van der Waals surface area (Å²) in [5.41, 5.74) is 5.85. The number of piperazine rings is 1. The van der Waals surface area contributed by atoms with Gasteiger partial charge in [0.05, 0.1) is 11.2 Å². The fourth-order valence-electron chi connectivity index (χ4n) is 4.55. The molecule has 1 saturated heterocycles. The maximum atomic E-state index is 12.1. The first-order valence-corrected chi connectivity index (χ1v) is 11.1. The molecule has 32 heavy (non-hydrogen) atoms. The average Bonchev–Trinajstić information content (AvgIpc) is 3.20. The van der Waals surface area contributed by atoms with E-state index in [1.165, 1.54) is 11.3 Å². The van der Waals surface area contributed by atoms with Crippen LogP contribution < -0.4 is 15.8 Å². The highest BCUT2D eigenvalue weighted by Crippen LogP contribution is 2.30. The van der Waals surface area contributed by atoms with Gasteiger partial charge in [-0.3, -0.25) is 9.69 Å². The zero-order valence-corrected chi connectivity index (χ0v) is 18.7. The van der Waals surface area contributed by atoms with Crippen molar-refractivity contribution in [2.75, 3.05) is 43.4 Å². The topological polar surface area (TPSA) is 94.4 Å². The minimum Gasteiger partial charge on any atom is -0.373 e. The van der Waals surface area contributed by atoms with Crippen molar-refractivity contribution < 1.29 is 0 Å². The number of nitrogens with one attached hydrogen (secondary N) is 2. The van der Waals surface area contributed by atoms with Crippen molar-refractivity contribution >= 4 is 28.1 Å². The molecule has 1 fully saturated rings. The molecule has 1 aromatic carbocycles. The summed E-state index contributed by atoms with van der Waals surface area (Å²) in [6.07, 6.45) is 4.15. The number of rotatable bonds is 5. The fourth-order valence-corrected chi connectivity index (χ4v) is 4.55. The molecule has 4 aromatic rings. The SMILES string of the molecule is CCc1cn2nc(CN3CCN(c4ccc5c(NC)ncnc5c4C)CC3)cc2[nH]c1=O. The van der Waals surface area contributed by atoms with E-state index in [2.05, 4.69) is 54.2 Å². The van der Waals surface area contributed by atoms with Crippen molar-refractivity contribution in [1.82, 2.24) is 29.5 Å². The van der Waals surface area contributed by atoms with Gasteiger partial charge in [-0.2, -0.15) is 5.10 Å². The van der Waals surface area contributed by atoms with Crippen molar-refractivity contribution in [2.24, 2.45) is 0 Å². The number of nitrogens with zero attached hydrogens (tertiary/aromatic N) is 6. The molecule has 5 rings (SSSR count). The second-order valence-electron chi connectivity index (χ2n) is 8.27. The van der Waals surface area contributed by atoms with Gasteiger partial charge in [0.15, 0.2) is 0 Å². The van der Waals surface area contributed by atoms with Gasteiger partial charge in [0.2, 0.25) is 0 Å². The van der Waals surface area contributed by atoms with Crippen molar-refractivity contribution in [3.05, 3.63) is 57.9 Å². The van der Waals surface area contributed by atoms with Crippen LogP contribution in [-0.2, 0) is 13.0 Å². The third-order valence-electron chi connectivity index (χ3n) is 6.35. The molecule has 0 saturated carbocycles. The van der Waals surface area contributed by atoms with Crippen LogP contribution in [-0.4, -0.2) is 62.7 Å². The van der Waals surface area contributed by atoms with Gasteiger partial charge in [-0.25, -0.2) is 14.5 Å². The normalized spacial score (nSPS) is 15.0. The van der Waals surface area contributed by atoms with E-state index in [-0.39, 0.29) is 5.56 Å². The molecular weight excluding hydrogens is 404 g/mol.